The first-order chi connectivity index (χ1) is 9.44. The van der Waals surface area contributed by atoms with E-state index in [0.29, 0.717) is 11.5 Å². The number of hydrogen-bond donors (Lipinski definition) is 1. The van der Waals surface area contributed by atoms with Crippen LogP contribution < -0.4 is 5.32 Å². The predicted molar refractivity (Wildman–Crippen MR) is 89.2 cm³/mol. The molecule has 2 unspecified atom stereocenters. The van der Waals surface area contributed by atoms with E-state index in [4.69, 9.17) is 4.74 Å². The lowest BCUT2D eigenvalue weighted by Crippen LogP contribution is -2.33. The third-order valence-electron chi connectivity index (χ3n) is 3.96. The van der Waals surface area contributed by atoms with Gasteiger partial charge in [0.05, 0.1) is 12.7 Å². The minimum Gasteiger partial charge on any atom is -0.383 e. The quantitative estimate of drug-likeness (QED) is 0.754. The van der Waals surface area contributed by atoms with Crippen molar-refractivity contribution >= 4 is 21.6 Å². The minimum atomic E-state index is 0.429. The largest absolute Gasteiger partial charge is 0.383 e. The molecule has 112 valence electrons. The van der Waals surface area contributed by atoms with E-state index in [1.54, 1.807) is 0 Å². The van der Waals surface area contributed by atoms with E-state index in [9.17, 15) is 0 Å². The van der Waals surface area contributed by atoms with Gasteiger partial charge in [-0.25, -0.2) is 0 Å². The normalized spacial score (nSPS) is 25.4. The van der Waals surface area contributed by atoms with Crippen LogP contribution in [0.2, 0.25) is 0 Å². The molecule has 0 heterocycles. The lowest BCUT2D eigenvalue weighted by atomic mass is 9.71. The van der Waals surface area contributed by atoms with Crippen molar-refractivity contribution in [3.8, 4) is 0 Å². The van der Waals surface area contributed by atoms with Gasteiger partial charge in [0.15, 0.2) is 0 Å². The summed E-state index contributed by atoms with van der Waals surface area (Å²) in [6, 6.07) is 8.24. The maximum atomic E-state index is 6.07. The average molecular weight is 340 g/mol. The molecule has 0 aliphatic heterocycles. The second-order valence-electron chi connectivity index (χ2n) is 6.84. The van der Waals surface area contributed by atoms with Crippen LogP contribution in [0.5, 0.6) is 0 Å². The van der Waals surface area contributed by atoms with E-state index in [0.717, 1.165) is 29.2 Å². The van der Waals surface area contributed by atoms with Crippen molar-refractivity contribution in [3.63, 3.8) is 0 Å². The van der Waals surface area contributed by atoms with E-state index >= 15 is 0 Å². The fourth-order valence-corrected chi connectivity index (χ4v) is 3.80. The highest BCUT2D eigenvalue weighted by molar-refractivity contribution is 9.10. The minimum absolute atomic E-state index is 0.429. The van der Waals surface area contributed by atoms with E-state index < -0.39 is 0 Å². The number of ether oxygens (including phenoxy) is 1. The summed E-state index contributed by atoms with van der Waals surface area (Å²) in [5.74, 6) is 0.779. The van der Waals surface area contributed by atoms with Gasteiger partial charge in [-0.3, -0.25) is 0 Å². The topological polar surface area (TPSA) is 21.3 Å². The number of rotatable bonds is 5. The standard InChI is InChI=1S/C17H26BrNO/c1-13-9-16(12-17(2,3)11-13)20-8-7-19-15-6-4-5-14(18)10-15/h4-6,10,13,16,19H,7-9,11-12H2,1-3H3. The third kappa shape index (κ3) is 5.10. The van der Waals surface area contributed by atoms with Crippen LogP contribution in [-0.4, -0.2) is 19.3 Å². The molecule has 0 aromatic heterocycles. The van der Waals surface area contributed by atoms with Crippen LogP contribution in [0.15, 0.2) is 28.7 Å². The Hall–Kier alpha value is -0.540. The van der Waals surface area contributed by atoms with Crippen LogP contribution in [-0.2, 0) is 4.74 Å². The van der Waals surface area contributed by atoms with Gasteiger partial charge in [0, 0.05) is 16.7 Å². The summed E-state index contributed by atoms with van der Waals surface area (Å²) in [5.41, 5.74) is 1.57. The first-order valence-corrected chi connectivity index (χ1v) is 8.35. The molecule has 1 aromatic rings. The van der Waals surface area contributed by atoms with Crippen molar-refractivity contribution in [2.45, 2.75) is 46.1 Å². The summed E-state index contributed by atoms with van der Waals surface area (Å²) in [6.07, 6.45) is 4.15. The Morgan fingerprint density at radius 3 is 2.85 bits per heavy atom. The summed E-state index contributed by atoms with van der Waals surface area (Å²) < 4.78 is 7.17. The van der Waals surface area contributed by atoms with Gasteiger partial charge >= 0.3 is 0 Å². The summed E-state index contributed by atoms with van der Waals surface area (Å²) in [4.78, 5) is 0. The number of benzene rings is 1. The van der Waals surface area contributed by atoms with Gasteiger partial charge in [-0.15, -0.1) is 0 Å². The van der Waals surface area contributed by atoms with Gasteiger partial charge in [0.25, 0.3) is 0 Å². The summed E-state index contributed by atoms with van der Waals surface area (Å²) in [5, 5.41) is 3.40. The third-order valence-corrected chi connectivity index (χ3v) is 4.45. The summed E-state index contributed by atoms with van der Waals surface area (Å²) in [7, 11) is 0. The van der Waals surface area contributed by atoms with Gasteiger partial charge in [0.1, 0.15) is 0 Å². The number of nitrogens with one attached hydrogen (secondary N) is 1. The Balaban J connectivity index is 1.71. The first kappa shape index (κ1) is 15.8. The first-order valence-electron chi connectivity index (χ1n) is 7.56. The second-order valence-corrected chi connectivity index (χ2v) is 7.76. The van der Waals surface area contributed by atoms with E-state index in [1.807, 2.05) is 12.1 Å². The Labute approximate surface area is 131 Å². The van der Waals surface area contributed by atoms with Crippen molar-refractivity contribution in [2.24, 2.45) is 11.3 Å². The molecule has 1 N–H and O–H groups in total. The molecule has 20 heavy (non-hydrogen) atoms. The maximum absolute atomic E-state index is 6.07. The molecule has 1 aliphatic carbocycles. The molecule has 0 amide bonds. The number of hydrogen-bond acceptors (Lipinski definition) is 2. The predicted octanol–water partition coefficient (Wildman–Crippen LogP) is 5.09. The molecule has 0 bridgehead atoms. The Morgan fingerprint density at radius 1 is 1.35 bits per heavy atom. The molecule has 3 heteroatoms. The van der Waals surface area contributed by atoms with Gasteiger partial charge in [-0.2, -0.15) is 0 Å². The van der Waals surface area contributed by atoms with Crippen LogP contribution >= 0.6 is 15.9 Å². The highest BCUT2D eigenvalue weighted by Crippen LogP contribution is 2.39. The fourth-order valence-electron chi connectivity index (χ4n) is 3.40. The average Bonchev–Trinajstić information content (AvgIpc) is 2.32. The zero-order chi connectivity index (χ0) is 14.6. The molecule has 2 atom stereocenters. The van der Waals surface area contributed by atoms with Crippen molar-refractivity contribution in [2.75, 3.05) is 18.5 Å². The highest BCUT2D eigenvalue weighted by Gasteiger charge is 2.32. The summed E-state index contributed by atoms with van der Waals surface area (Å²) >= 11 is 3.48. The van der Waals surface area contributed by atoms with E-state index in [-0.39, 0.29) is 0 Å². The van der Waals surface area contributed by atoms with Gasteiger partial charge in [-0.1, -0.05) is 42.8 Å². The Kier molecular flexibility index (Phi) is 5.50. The molecule has 1 saturated carbocycles. The second kappa shape index (κ2) is 6.95. The molecule has 2 rings (SSSR count). The van der Waals surface area contributed by atoms with Crippen molar-refractivity contribution in [3.05, 3.63) is 28.7 Å². The van der Waals surface area contributed by atoms with E-state index in [2.05, 4.69) is 54.2 Å². The molecule has 1 fully saturated rings. The SMILES string of the molecule is CC1CC(OCCNc2cccc(Br)c2)CC(C)(C)C1. The zero-order valence-corrected chi connectivity index (χ0v) is 14.4. The lowest BCUT2D eigenvalue weighted by molar-refractivity contribution is -0.0185. The van der Waals surface area contributed by atoms with Gasteiger partial charge < -0.3 is 10.1 Å². The van der Waals surface area contributed by atoms with E-state index in [1.165, 1.54) is 19.3 Å². The molecule has 1 aliphatic rings. The molecule has 1 aromatic carbocycles. The fraction of sp³-hybridized carbons (Fsp3) is 0.647. The highest BCUT2D eigenvalue weighted by atomic mass is 79.9. The lowest BCUT2D eigenvalue weighted by Gasteiger charge is -2.38. The molecular weight excluding hydrogens is 314 g/mol. The zero-order valence-electron chi connectivity index (χ0n) is 12.8. The number of anilines is 1. The maximum Gasteiger partial charge on any atom is 0.0642 e. The Bertz CT molecular complexity index is 433. The molecule has 0 radical (unpaired) electrons. The monoisotopic (exact) mass is 339 g/mol. The van der Waals surface area contributed by atoms with Crippen LogP contribution in [0.3, 0.4) is 0 Å². The Morgan fingerprint density at radius 2 is 2.15 bits per heavy atom. The van der Waals surface area contributed by atoms with Gasteiger partial charge in [-0.05, 0) is 48.8 Å². The van der Waals surface area contributed by atoms with Crippen molar-refractivity contribution in [1.29, 1.82) is 0 Å². The van der Waals surface area contributed by atoms with Crippen LogP contribution in [0, 0.1) is 11.3 Å². The number of halogens is 1. The van der Waals surface area contributed by atoms with Crippen LogP contribution in [0.1, 0.15) is 40.0 Å². The van der Waals surface area contributed by atoms with Crippen LogP contribution in [0.4, 0.5) is 5.69 Å². The van der Waals surface area contributed by atoms with Crippen molar-refractivity contribution in [1.82, 2.24) is 0 Å². The summed E-state index contributed by atoms with van der Waals surface area (Å²) in [6.45, 7) is 8.70. The molecule has 2 nitrogen and oxygen atoms in total. The van der Waals surface area contributed by atoms with Crippen LogP contribution in [0.25, 0.3) is 0 Å². The van der Waals surface area contributed by atoms with Gasteiger partial charge in [0.2, 0.25) is 0 Å². The molecular formula is C17H26BrNO. The molecule has 0 saturated heterocycles. The molecule has 0 spiro atoms. The smallest absolute Gasteiger partial charge is 0.0642 e. The van der Waals surface area contributed by atoms with Crippen molar-refractivity contribution < 1.29 is 4.74 Å².